The summed E-state index contributed by atoms with van der Waals surface area (Å²) in [5, 5.41) is 19.2. The normalized spacial score (nSPS) is 9.00. The number of carbonyl (C=O) groups excluding carboxylic acids is 1. The Hall–Kier alpha value is -1.48. The van der Waals surface area contributed by atoms with E-state index >= 15 is 0 Å². The highest BCUT2D eigenvalue weighted by Gasteiger charge is 2.03. The summed E-state index contributed by atoms with van der Waals surface area (Å²) in [7, 11) is 0. The molecule has 1 rings (SSSR count). The van der Waals surface area contributed by atoms with Crippen LogP contribution in [0.1, 0.15) is 11.9 Å². The first-order valence-corrected chi connectivity index (χ1v) is 4.01. The van der Waals surface area contributed by atoms with Gasteiger partial charge in [-0.1, -0.05) is 11.3 Å². The molecule has 1 amide bonds. The maximum absolute atomic E-state index is 10.5. The second-order valence-electron chi connectivity index (χ2n) is 2.02. The number of carbonyl (C=O) groups is 1. The largest absolute Gasteiger partial charge is 0.301 e. The van der Waals surface area contributed by atoms with Gasteiger partial charge in [0.1, 0.15) is 5.01 Å². The maximum atomic E-state index is 10.5. The summed E-state index contributed by atoms with van der Waals surface area (Å²) >= 11 is 1.21. The SMILES string of the molecule is CC(=O)Nc1nnc(CC#N)s1. The van der Waals surface area contributed by atoms with E-state index in [1.807, 2.05) is 6.07 Å². The van der Waals surface area contributed by atoms with E-state index in [0.717, 1.165) is 0 Å². The van der Waals surface area contributed by atoms with Crippen LogP contribution in [0.25, 0.3) is 0 Å². The van der Waals surface area contributed by atoms with Gasteiger partial charge in [-0.15, -0.1) is 10.2 Å². The first kappa shape index (κ1) is 8.62. The van der Waals surface area contributed by atoms with Crippen molar-refractivity contribution >= 4 is 22.4 Å². The van der Waals surface area contributed by atoms with E-state index in [9.17, 15) is 4.79 Å². The van der Waals surface area contributed by atoms with Crippen LogP contribution in [0.15, 0.2) is 0 Å². The van der Waals surface area contributed by atoms with Crippen LogP contribution in [0.4, 0.5) is 5.13 Å². The molecule has 0 radical (unpaired) electrons. The topological polar surface area (TPSA) is 78.7 Å². The van der Waals surface area contributed by atoms with Gasteiger partial charge in [0, 0.05) is 6.92 Å². The minimum absolute atomic E-state index is 0.186. The molecule has 0 fully saturated rings. The lowest BCUT2D eigenvalue weighted by atomic mass is 10.5. The zero-order valence-corrected chi connectivity index (χ0v) is 7.18. The number of hydrogen-bond donors (Lipinski definition) is 1. The zero-order valence-electron chi connectivity index (χ0n) is 6.37. The van der Waals surface area contributed by atoms with Crippen LogP contribution < -0.4 is 5.32 Å². The van der Waals surface area contributed by atoms with Crippen molar-refractivity contribution in [1.82, 2.24) is 10.2 Å². The average Bonchev–Trinajstić information content (AvgIpc) is 2.36. The van der Waals surface area contributed by atoms with E-state index in [2.05, 4.69) is 15.5 Å². The molecule has 0 unspecified atom stereocenters. The Bertz CT molecular complexity index is 327. The quantitative estimate of drug-likeness (QED) is 0.724. The number of aromatic nitrogens is 2. The van der Waals surface area contributed by atoms with Crippen molar-refractivity contribution in [2.24, 2.45) is 0 Å². The van der Waals surface area contributed by atoms with E-state index in [4.69, 9.17) is 5.26 Å². The van der Waals surface area contributed by atoms with Crippen molar-refractivity contribution in [2.75, 3.05) is 5.32 Å². The molecule has 5 nitrogen and oxygen atoms in total. The van der Waals surface area contributed by atoms with Crippen LogP contribution in [-0.2, 0) is 11.2 Å². The van der Waals surface area contributed by atoms with Crippen molar-refractivity contribution < 1.29 is 4.79 Å². The second kappa shape index (κ2) is 3.78. The Kier molecular flexibility index (Phi) is 2.71. The predicted molar refractivity (Wildman–Crippen MR) is 43.5 cm³/mol. The lowest BCUT2D eigenvalue weighted by Gasteiger charge is -1.90. The predicted octanol–water partition coefficient (Wildman–Crippen LogP) is 0.563. The highest BCUT2D eigenvalue weighted by atomic mass is 32.1. The van der Waals surface area contributed by atoms with Crippen molar-refractivity contribution in [3.63, 3.8) is 0 Å². The maximum Gasteiger partial charge on any atom is 0.223 e. The molecule has 0 aliphatic heterocycles. The molecule has 6 heteroatoms. The Morgan fingerprint density at radius 1 is 1.75 bits per heavy atom. The first-order valence-electron chi connectivity index (χ1n) is 3.19. The van der Waals surface area contributed by atoms with Crippen LogP contribution in [0.2, 0.25) is 0 Å². The van der Waals surface area contributed by atoms with E-state index in [1.165, 1.54) is 18.3 Å². The van der Waals surface area contributed by atoms with Crippen LogP contribution in [0.3, 0.4) is 0 Å². The third-order valence-electron chi connectivity index (χ3n) is 0.980. The molecule has 1 aromatic heterocycles. The molecule has 0 atom stereocenters. The first-order chi connectivity index (χ1) is 5.72. The fourth-order valence-corrected chi connectivity index (χ4v) is 1.31. The summed E-state index contributed by atoms with van der Waals surface area (Å²) < 4.78 is 0. The van der Waals surface area contributed by atoms with Crippen LogP contribution in [0.5, 0.6) is 0 Å². The molecule has 0 aliphatic rings. The summed E-state index contributed by atoms with van der Waals surface area (Å²) in [6.07, 6.45) is 0.233. The smallest absolute Gasteiger partial charge is 0.223 e. The Balaban J connectivity index is 2.65. The van der Waals surface area contributed by atoms with E-state index in [1.54, 1.807) is 0 Å². The molecule has 0 spiro atoms. The van der Waals surface area contributed by atoms with Crippen molar-refractivity contribution in [1.29, 1.82) is 5.26 Å². The van der Waals surface area contributed by atoms with Gasteiger partial charge < -0.3 is 5.32 Å². The van der Waals surface area contributed by atoms with Crippen molar-refractivity contribution in [3.05, 3.63) is 5.01 Å². The van der Waals surface area contributed by atoms with Gasteiger partial charge in [0.15, 0.2) is 0 Å². The van der Waals surface area contributed by atoms with Crippen molar-refractivity contribution in [3.8, 4) is 6.07 Å². The van der Waals surface area contributed by atoms with Crippen LogP contribution in [-0.4, -0.2) is 16.1 Å². The lowest BCUT2D eigenvalue weighted by molar-refractivity contribution is -0.114. The number of anilines is 1. The summed E-state index contributed by atoms with van der Waals surface area (Å²) in [5.74, 6) is -0.186. The monoisotopic (exact) mass is 182 g/mol. The molecule has 1 heterocycles. The van der Waals surface area contributed by atoms with Gasteiger partial charge in [-0.25, -0.2) is 0 Å². The molecular weight excluding hydrogens is 176 g/mol. The lowest BCUT2D eigenvalue weighted by Crippen LogP contribution is -2.04. The Morgan fingerprint density at radius 2 is 2.50 bits per heavy atom. The minimum atomic E-state index is -0.186. The molecule has 0 aromatic carbocycles. The second-order valence-corrected chi connectivity index (χ2v) is 3.08. The number of rotatable bonds is 2. The molecule has 0 aliphatic carbocycles. The van der Waals surface area contributed by atoms with Gasteiger partial charge in [-0.05, 0) is 0 Å². The van der Waals surface area contributed by atoms with Crippen LogP contribution >= 0.6 is 11.3 Å². The van der Waals surface area contributed by atoms with Gasteiger partial charge in [0.25, 0.3) is 0 Å². The average molecular weight is 182 g/mol. The van der Waals surface area contributed by atoms with Gasteiger partial charge in [-0.3, -0.25) is 4.79 Å². The number of hydrogen-bond acceptors (Lipinski definition) is 5. The zero-order chi connectivity index (χ0) is 8.97. The summed E-state index contributed by atoms with van der Waals surface area (Å²) in [6, 6.07) is 1.95. The highest BCUT2D eigenvalue weighted by molar-refractivity contribution is 7.15. The molecule has 12 heavy (non-hydrogen) atoms. The van der Waals surface area contributed by atoms with Gasteiger partial charge in [0.05, 0.1) is 12.5 Å². The van der Waals surface area contributed by atoms with Crippen molar-refractivity contribution in [2.45, 2.75) is 13.3 Å². The number of nitrogens with one attached hydrogen (secondary N) is 1. The summed E-state index contributed by atoms with van der Waals surface area (Å²) in [6.45, 7) is 1.39. The van der Waals surface area contributed by atoms with Gasteiger partial charge in [0.2, 0.25) is 11.0 Å². The molecule has 62 valence electrons. The molecule has 0 saturated heterocycles. The number of amides is 1. The minimum Gasteiger partial charge on any atom is -0.301 e. The molecule has 1 N–H and O–H groups in total. The number of nitriles is 1. The molecular formula is C6H6N4OS. The van der Waals surface area contributed by atoms with E-state index in [0.29, 0.717) is 10.1 Å². The standard InChI is InChI=1S/C6H6N4OS/c1-4(11)8-6-10-9-5(12-6)2-3-7/h2H2,1H3,(H,8,10,11). The third kappa shape index (κ3) is 2.29. The van der Waals surface area contributed by atoms with E-state index < -0.39 is 0 Å². The number of nitrogens with zero attached hydrogens (tertiary/aromatic N) is 3. The third-order valence-corrected chi connectivity index (χ3v) is 1.82. The molecule has 0 bridgehead atoms. The summed E-state index contributed by atoms with van der Waals surface area (Å²) in [5.41, 5.74) is 0. The highest BCUT2D eigenvalue weighted by Crippen LogP contribution is 2.14. The van der Waals surface area contributed by atoms with Crippen LogP contribution in [0, 0.1) is 11.3 Å². The van der Waals surface area contributed by atoms with Gasteiger partial charge >= 0.3 is 0 Å². The van der Waals surface area contributed by atoms with Gasteiger partial charge in [-0.2, -0.15) is 5.26 Å². The molecule has 0 saturated carbocycles. The fraction of sp³-hybridized carbons (Fsp3) is 0.333. The molecule has 1 aromatic rings. The fourth-order valence-electron chi connectivity index (χ4n) is 0.594. The van der Waals surface area contributed by atoms with E-state index in [-0.39, 0.29) is 12.3 Å². The Labute approximate surface area is 73.0 Å². The Morgan fingerprint density at radius 3 is 3.08 bits per heavy atom. The summed E-state index contributed by atoms with van der Waals surface area (Å²) in [4.78, 5) is 10.5.